The third kappa shape index (κ3) is 4.73. The Morgan fingerprint density at radius 1 is 1.32 bits per heavy atom. The predicted molar refractivity (Wildman–Crippen MR) is 86.9 cm³/mol. The summed E-state index contributed by atoms with van der Waals surface area (Å²) in [6.07, 6.45) is 3.12. The first-order chi connectivity index (χ1) is 10.6. The van der Waals surface area contributed by atoms with Crippen molar-refractivity contribution < 1.29 is 9.59 Å². The summed E-state index contributed by atoms with van der Waals surface area (Å²) in [6.45, 7) is 5.37. The Balaban J connectivity index is 1.88. The van der Waals surface area contributed by atoms with E-state index in [0.29, 0.717) is 11.3 Å². The molecule has 22 heavy (non-hydrogen) atoms. The van der Waals surface area contributed by atoms with Gasteiger partial charge in [0.05, 0.1) is 0 Å². The van der Waals surface area contributed by atoms with Gasteiger partial charge in [-0.15, -0.1) is 0 Å². The van der Waals surface area contributed by atoms with Crippen LogP contribution in [0.15, 0.2) is 24.3 Å². The van der Waals surface area contributed by atoms with Crippen molar-refractivity contribution >= 4 is 17.6 Å². The minimum atomic E-state index is -0.638. The number of rotatable bonds is 5. The molecule has 3 amide bonds. The maximum Gasteiger partial charge on any atom is 0.316 e. The zero-order chi connectivity index (χ0) is 15.9. The molecule has 1 fully saturated rings. The molecule has 0 bridgehead atoms. The van der Waals surface area contributed by atoms with Crippen molar-refractivity contribution in [1.29, 1.82) is 0 Å². The van der Waals surface area contributed by atoms with Crippen LogP contribution >= 0.6 is 0 Å². The Morgan fingerprint density at radius 2 is 2.05 bits per heavy atom. The van der Waals surface area contributed by atoms with Gasteiger partial charge in [-0.2, -0.15) is 0 Å². The molecule has 1 aliphatic rings. The first-order valence-corrected chi connectivity index (χ1v) is 7.78. The fourth-order valence-electron chi connectivity index (χ4n) is 2.77. The van der Waals surface area contributed by atoms with Crippen LogP contribution in [0.3, 0.4) is 0 Å². The molecule has 0 aliphatic carbocycles. The molecule has 0 aromatic heterocycles. The van der Waals surface area contributed by atoms with Crippen molar-refractivity contribution in [2.24, 2.45) is 5.73 Å². The van der Waals surface area contributed by atoms with Gasteiger partial charge in [-0.3, -0.25) is 4.79 Å². The van der Waals surface area contributed by atoms with E-state index in [1.165, 1.54) is 0 Å². The highest BCUT2D eigenvalue weighted by atomic mass is 16.2. The molecule has 0 unspecified atom stereocenters. The lowest BCUT2D eigenvalue weighted by molar-refractivity contribution is 0.0911. The average Bonchev–Trinajstić information content (AvgIpc) is 2.49. The topological polar surface area (TPSA) is 87.5 Å². The van der Waals surface area contributed by atoms with E-state index in [9.17, 15) is 9.59 Å². The second-order valence-corrected chi connectivity index (χ2v) is 5.66. The zero-order valence-corrected chi connectivity index (χ0v) is 13.0. The molecule has 4 N–H and O–H groups in total. The van der Waals surface area contributed by atoms with E-state index < -0.39 is 6.03 Å². The first kappa shape index (κ1) is 16.3. The molecule has 1 aromatic carbocycles. The van der Waals surface area contributed by atoms with Crippen LogP contribution in [0.2, 0.25) is 0 Å². The third-order valence-corrected chi connectivity index (χ3v) is 3.85. The van der Waals surface area contributed by atoms with Crippen molar-refractivity contribution in [3.8, 4) is 0 Å². The molecule has 0 saturated carbocycles. The van der Waals surface area contributed by atoms with Crippen LogP contribution in [0.4, 0.5) is 10.5 Å². The highest BCUT2D eigenvalue weighted by molar-refractivity contribution is 5.96. The van der Waals surface area contributed by atoms with Crippen molar-refractivity contribution in [3.05, 3.63) is 29.8 Å². The van der Waals surface area contributed by atoms with E-state index in [1.54, 1.807) is 24.3 Å². The number of piperidine rings is 1. The Hall–Kier alpha value is -2.08. The van der Waals surface area contributed by atoms with Crippen LogP contribution in [-0.2, 0) is 0 Å². The number of hydrogen-bond donors (Lipinski definition) is 3. The minimum Gasteiger partial charge on any atom is -0.351 e. The molecule has 1 aromatic rings. The minimum absolute atomic E-state index is 0.109. The highest BCUT2D eigenvalue weighted by Crippen LogP contribution is 2.14. The van der Waals surface area contributed by atoms with Gasteiger partial charge in [0.25, 0.3) is 5.91 Å². The number of amides is 3. The van der Waals surface area contributed by atoms with E-state index in [1.807, 2.05) is 0 Å². The number of hydrogen-bond acceptors (Lipinski definition) is 3. The smallest absolute Gasteiger partial charge is 0.316 e. The molecule has 0 spiro atoms. The summed E-state index contributed by atoms with van der Waals surface area (Å²) in [4.78, 5) is 25.6. The van der Waals surface area contributed by atoms with Gasteiger partial charge in [-0.25, -0.2) is 4.79 Å². The molecule has 120 valence electrons. The lowest BCUT2D eigenvalue weighted by Gasteiger charge is -2.32. The second-order valence-electron chi connectivity index (χ2n) is 5.66. The Labute approximate surface area is 131 Å². The summed E-state index contributed by atoms with van der Waals surface area (Å²) in [5, 5.41) is 5.54. The SMILES string of the molecule is CCCN1CCC(NC(=O)c2cccc(NC(N)=O)c2)CC1. The monoisotopic (exact) mass is 304 g/mol. The van der Waals surface area contributed by atoms with Gasteiger partial charge >= 0.3 is 6.03 Å². The molecule has 1 heterocycles. The molecule has 2 rings (SSSR count). The van der Waals surface area contributed by atoms with E-state index in [2.05, 4.69) is 22.5 Å². The summed E-state index contributed by atoms with van der Waals surface area (Å²) < 4.78 is 0. The molecule has 1 saturated heterocycles. The largest absolute Gasteiger partial charge is 0.351 e. The average molecular weight is 304 g/mol. The van der Waals surface area contributed by atoms with Crippen LogP contribution in [-0.4, -0.2) is 42.5 Å². The fourth-order valence-corrected chi connectivity index (χ4v) is 2.77. The second kappa shape index (κ2) is 7.79. The van der Waals surface area contributed by atoms with Crippen molar-refractivity contribution in [1.82, 2.24) is 10.2 Å². The number of urea groups is 1. The third-order valence-electron chi connectivity index (χ3n) is 3.85. The number of anilines is 1. The summed E-state index contributed by atoms with van der Waals surface area (Å²) in [5.41, 5.74) is 6.14. The molecular formula is C16H24N4O2. The van der Waals surface area contributed by atoms with Crippen LogP contribution < -0.4 is 16.4 Å². The van der Waals surface area contributed by atoms with Gasteiger partial charge in [0.1, 0.15) is 0 Å². The van der Waals surface area contributed by atoms with E-state index in [0.717, 1.165) is 38.9 Å². The van der Waals surface area contributed by atoms with Gasteiger partial charge in [-0.1, -0.05) is 13.0 Å². The van der Waals surface area contributed by atoms with E-state index in [-0.39, 0.29) is 11.9 Å². The molecule has 6 nitrogen and oxygen atoms in total. The molecule has 6 heteroatoms. The van der Waals surface area contributed by atoms with Crippen LogP contribution in [0.5, 0.6) is 0 Å². The summed E-state index contributed by atoms with van der Waals surface area (Å²) in [6, 6.07) is 6.36. The van der Waals surface area contributed by atoms with Crippen molar-refractivity contribution in [3.63, 3.8) is 0 Å². The highest BCUT2D eigenvalue weighted by Gasteiger charge is 2.20. The Bertz CT molecular complexity index is 525. The molecular weight excluding hydrogens is 280 g/mol. The molecule has 1 aliphatic heterocycles. The van der Waals surface area contributed by atoms with E-state index >= 15 is 0 Å². The number of benzene rings is 1. The van der Waals surface area contributed by atoms with Crippen LogP contribution in [0, 0.1) is 0 Å². The number of nitrogens with one attached hydrogen (secondary N) is 2. The van der Waals surface area contributed by atoms with Gasteiger partial charge < -0.3 is 21.3 Å². The fraction of sp³-hybridized carbons (Fsp3) is 0.500. The standard InChI is InChI=1S/C16H24N4O2/c1-2-8-20-9-6-13(7-10-20)18-15(21)12-4-3-5-14(11-12)19-16(17)22/h3-5,11,13H,2,6-10H2,1H3,(H,18,21)(H3,17,19,22). The maximum atomic E-state index is 12.3. The van der Waals surface area contributed by atoms with Gasteiger partial charge in [0.2, 0.25) is 0 Å². The summed E-state index contributed by atoms with van der Waals surface area (Å²) in [7, 11) is 0. The van der Waals surface area contributed by atoms with Crippen molar-refractivity contribution in [2.45, 2.75) is 32.2 Å². The number of carbonyl (C=O) groups excluding carboxylic acids is 2. The number of nitrogens with zero attached hydrogens (tertiary/aromatic N) is 1. The quantitative estimate of drug-likeness (QED) is 0.775. The molecule has 0 atom stereocenters. The zero-order valence-electron chi connectivity index (χ0n) is 13.0. The molecule has 0 radical (unpaired) electrons. The van der Waals surface area contributed by atoms with Crippen LogP contribution in [0.25, 0.3) is 0 Å². The first-order valence-electron chi connectivity index (χ1n) is 7.78. The number of primary amides is 1. The van der Waals surface area contributed by atoms with Gasteiger partial charge in [0.15, 0.2) is 0 Å². The number of likely N-dealkylation sites (tertiary alicyclic amines) is 1. The Morgan fingerprint density at radius 3 is 2.68 bits per heavy atom. The number of nitrogens with two attached hydrogens (primary N) is 1. The predicted octanol–water partition coefficient (Wildman–Crippen LogP) is 1.78. The number of carbonyl (C=O) groups is 2. The van der Waals surface area contributed by atoms with Crippen molar-refractivity contribution in [2.75, 3.05) is 25.0 Å². The Kier molecular flexibility index (Phi) is 5.77. The normalized spacial score (nSPS) is 16.2. The maximum absolute atomic E-state index is 12.3. The van der Waals surface area contributed by atoms with Crippen LogP contribution in [0.1, 0.15) is 36.5 Å². The van der Waals surface area contributed by atoms with E-state index in [4.69, 9.17) is 5.73 Å². The summed E-state index contributed by atoms with van der Waals surface area (Å²) in [5.74, 6) is -0.109. The van der Waals surface area contributed by atoms with Gasteiger partial charge in [0, 0.05) is 30.4 Å². The summed E-state index contributed by atoms with van der Waals surface area (Å²) >= 11 is 0. The lowest BCUT2D eigenvalue weighted by Crippen LogP contribution is -2.44. The van der Waals surface area contributed by atoms with Gasteiger partial charge in [-0.05, 0) is 44.0 Å². The lowest BCUT2D eigenvalue weighted by atomic mass is 10.0.